The molecule has 2 heterocycles. The molecule has 0 unspecified atom stereocenters. The van der Waals surface area contributed by atoms with Gasteiger partial charge in [-0.05, 0) is 48.4 Å². The van der Waals surface area contributed by atoms with Crippen LogP contribution in [0.1, 0.15) is 30.0 Å². The third kappa shape index (κ3) is 5.07. The molecule has 164 valence electrons. The first-order chi connectivity index (χ1) is 15.2. The number of hydrogen-bond acceptors (Lipinski definition) is 5. The van der Waals surface area contributed by atoms with Crippen LogP contribution < -0.4 is 20.7 Å². The van der Waals surface area contributed by atoms with Crippen LogP contribution in [-0.4, -0.2) is 49.3 Å². The van der Waals surface area contributed by atoms with Gasteiger partial charge in [-0.3, -0.25) is 4.79 Å². The van der Waals surface area contributed by atoms with Gasteiger partial charge in [0.1, 0.15) is 12.4 Å². The van der Waals surface area contributed by atoms with Gasteiger partial charge < -0.3 is 25.6 Å². The Morgan fingerprint density at radius 2 is 2.10 bits per heavy atom. The highest BCUT2D eigenvalue weighted by molar-refractivity contribution is 7.98. The van der Waals surface area contributed by atoms with Crippen LogP contribution in [0.25, 0.3) is 0 Å². The summed E-state index contributed by atoms with van der Waals surface area (Å²) >= 11 is 1.70. The number of nitrogens with zero attached hydrogens (tertiary/aromatic N) is 1. The zero-order chi connectivity index (χ0) is 21.6. The molecule has 2 aliphatic rings. The molecule has 0 radical (unpaired) electrons. The fourth-order valence-electron chi connectivity index (χ4n) is 4.12. The van der Waals surface area contributed by atoms with Crippen molar-refractivity contribution in [3.8, 4) is 5.75 Å². The van der Waals surface area contributed by atoms with E-state index in [4.69, 9.17) is 4.74 Å². The summed E-state index contributed by atoms with van der Waals surface area (Å²) in [5.41, 5.74) is 3.10. The molecule has 1 fully saturated rings. The second kappa shape index (κ2) is 9.96. The number of carbonyl (C=O) groups excluding carboxylic acids is 2. The lowest BCUT2D eigenvalue weighted by molar-refractivity contribution is -0.131. The molecule has 2 aliphatic heterocycles. The second-order valence-corrected chi connectivity index (χ2v) is 8.48. The van der Waals surface area contributed by atoms with Crippen molar-refractivity contribution in [3.63, 3.8) is 0 Å². The predicted octanol–water partition coefficient (Wildman–Crippen LogP) is 3.38. The van der Waals surface area contributed by atoms with Gasteiger partial charge in [-0.1, -0.05) is 24.3 Å². The lowest BCUT2D eigenvalue weighted by Gasteiger charge is -2.26. The number of thioether (sulfide) groups is 1. The van der Waals surface area contributed by atoms with E-state index in [1.165, 1.54) is 10.5 Å². The lowest BCUT2D eigenvalue weighted by Crippen LogP contribution is -2.43. The highest BCUT2D eigenvalue weighted by atomic mass is 32.2. The highest BCUT2D eigenvalue weighted by Gasteiger charge is 2.31. The minimum atomic E-state index is -0.356. The van der Waals surface area contributed by atoms with Crippen LogP contribution in [-0.2, 0) is 11.3 Å². The molecule has 0 spiro atoms. The Bertz CT molecular complexity index is 952. The molecule has 1 atom stereocenters. The molecule has 7 nitrogen and oxygen atoms in total. The predicted molar refractivity (Wildman–Crippen MR) is 123 cm³/mol. The van der Waals surface area contributed by atoms with Crippen molar-refractivity contribution in [2.45, 2.75) is 30.3 Å². The van der Waals surface area contributed by atoms with E-state index in [1.54, 1.807) is 11.8 Å². The van der Waals surface area contributed by atoms with E-state index in [2.05, 4.69) is 34.3 Å². The van der Waals surface area contributed by atoms with E-state index in [9.17, 15) is 9.59 Å². The number of rotatable bonds is 6. The summed E-state index contributed by atoms with van der Waals surface area (Å²) < 4.78 is 5.63. The minimum absolute atomic E-state index is 0.0129. The first kappa shape index (κ1) is 21.4. The van der Waals surface area contributed by atoms with Gasteiger partial charge in [0.25, 0.3) is 0 Å². The van der Waals surface area contributed by atoms with Gasteiger partial charge in [0.15, 0.2) is 0 Å². The number of fused-ring (bicyclic) bond motifs is 1. The number of hydrogen-bond donors (Lipinski definition) is 3. The maximum absolute atomic E-state index is 12.8. The van der Waals surface area contributed by atoms with Crippen LogP contribution in [0.2, 0.25) is 0 Å². The van der Waals surface area contributed by atoms with E-state index in [1.807, 2.05) is 35.2 Å². The average Bonchev–Trinajstić information content (AvgIpc) is 3.31. The molecule has 0 bridgehead atoms. The number of likely N-dealkylation sites (tertiary alicyclic amines) is 1. The summed E-state index contributed by atoms with van der Waals surface area (Å²) in [5, 5.41) is 8.78. The number of nitrogens with one attached hydrogen (secondary N) is 3. The quantitative estimate of drug-likeness (QED) is 0.600. The number of ether oxygens (including phenoxy) is 1. The molecule has 4 rings (SSSR count). The third-order valence-corrected chi connectivity index (χ3v) is 6.46. The Morgan fingerprint density at radius 1 is 1.23 bits per heavy atom. The Labute approximate surface area is 186 Å². The van der Waals surface area contributed by atoms with Gasteiger partial charge in [-0.2, -0.15) is 0 Å². The molecule has 0 aliphatic carbocycles. The highest BCUT2D eigenvalue weighted by Crippen LogP contribution is 2.36. The van der Waals surface area contributed by atoms with Gasteiger partial charge in [0.05, 0.1) is 18.3 Å². The van der Waals surface area contributed by atoms with Crippen molar-refractivity contribution in [1.82, 2.24) is 15.5 Å². The van der Waals surface area contributed by atoms with Crippen molar-refractivity contribution in [3.05, 3.63) is 53.6 Å². The summed E-state index contributed by atoms with van der Waals surface area (Å²) in [7, 11) is 0. The normalized spacial score (nSPS) is 17.3. The molecule has 0 saturated carbocycles. The topological polar surface area (TPSA) is 82.7 Å². The van der Waals surface area contributed by atoms with Crippen molar-refractivity contribution >= 4 is 29.4 Å². The van der Waals surface area contributed by atoms with Gasteiger partial charge in [-0.15, -0.1) is 11.8 Å². The first-order valence-corrected chi connectivity index (χ1v) is 11.8. The summed E-state index contributed by atoms with van der Waals surface area (Å²) in [4.78, 5) is 28.1. The maximum atomic E-state index is 12.8. The van der Waals surface area contributed by atoms with Gasteiger partial charge in [0, 0.05) is 24.5 Å². The Kier molecular flexibility index (Phi) is 6.86. The monoisotopic (exact) mass is 440 g/mol. The van der Waals surface area contributed by atoms with Crippen molar-refractivity contribution < 1.29 is 14.3 Å². The van der Waals surface area contributed by atoms with Crippen LogP contribution in [0.3, 0.4) is 0 Å². The van der Waals surface area contributed by atoms with E-state index >= 15 is 0 Å². The number of amides is 3. The summed E-state index contributed by atoms with van der Waals surface area (Å²) in [6, 6.07) is 13.8. The van der Waals surface area contributed by atoms with Gasteiger partial charge in [-0.25, -0.2) is 4.79 Å². The summed E-state index contributed by atoms with van der Waals surface area (Å²) in [6.45, 7) is 2.50. The molecule has 2 aromatic rings. The lowest BCUT2D eigenvalue weighted by atomic mass is 10.0. The number of urea groups is 1. The van der Waals surface area contributed by atoms with E-state index in [0.717, 1.165) is 42.9 Å². The Hall–Kier alpha value is -2.87. The molecule has 3 amide bonds. The molecular weight excluding hydrogens is 412 g/mol. The standard InChI is InChI=1S/C23H28N4O3S/c1-31-21-7-3-2-5-17(21)19-6-4-11-27(19)22(28)15-26-23(29)25-14-16-8-9-18-20(13-16)30-12-10-24-18/h2-3,5,7-9,13,19,24H,4,6,10-12,14-15H2,1H3,(H2,25,26,29)/t19-/m1/s1. The molecule has 2 aromatic carbocycles. The first-order valence-electron chi connectivity index (χ1n) is 10.6. The van der Waals surface area contributed by atoms with Crippen LogP contribution in [0.5, 0.6) is 5.75 Å². The average molecular weight is 441 g/mol. The van der Waals surface area contributed by atoms with Crippen LogP contribution in [0.15, 0.2) is 47.4 Å². The van der Waals surface area contributed by atoms with Gasteiger partial charge >= 0.3 is 6.03 Å². The summed E-state index contributed by atoms with van der Waals surface area (Å²) in [6.07, 6.45) is 3.97. The largest absolute Gasteiger partial charge is 0.490 e. The number of benzene rings is 2. The van der Waals surface area contributed by atoms with Crippen molar-refractivity contribution in [2.24, 2.45) is 0 Å². The maximum Gasteiger partial charge on any atom is 0.315 e. The molecule has 0 aromatic heterocycles. The van der Waals surface area contributed by atoms with Crippen LogP contribution >= 0.6 is 11.8 Å². The van der Waals surface area contributed by atoms with E-state index in [0.29, 0.717) is 13.2 Å². The third-order valence-electron chi connectivity index (χ3n) is 5.65. The van der Waals surface area contributed by atoms with E-state index in [-0.39, 0.29) is 24.5 Å². The number of carbonyl (C=O) groups is 2. The zero-order valence-electron chi connectivity index (χ0n) is 17.6. The molecule has 31 heavy (non-hydrogen) atoms. The van der Waals surface area contributed by atoms with Crippen molar-refractivity contribution in [2.75, 3.05) is 37.8 Å². The molecule has 1 saturated heterocycles. The molecule has 3 N–H and O–H groups in total. The van der Waals surface area contributed by atoms with Crippen molar-refractivity contribution in [1.29, 1.82) is 0 Å². The Morgan fingerprint density at radius 3 is 2.97 bits per heavy atom. The van der Waals surface area contributed by atoms with Gasteiger partial charge in [0.2, 0.25) is 5.91 Å². The summed E-state index contributed by atoms with van der Waals surface area (Å²) in [5.74, 6) is 0.744. The smallest absolute Gasteiger partial charge is 0.315 e. The van der Waals surface area contributed by atoms with E-state index < -0.39 is 0 Å². The zero-order valence-corrected chi connectivity index (χ0v) is 18.5. The second-order valence-electron chi connectivity index (χ2n) is 7.63. The molecule has 8 heteroatoms. The molecular formula is C23H28N4O3S. The fourth-order valence-corrected chi connectivity index (χ4v) is 4.78. The van der Waals surface area contributed by atoms with Crippen LogP contribution in [0, 0.1) is 0 Å². The SMILES string of the molecule is CSc1ccccc1[C@H]1CCCN1C(=O)CNC(=O)NCc1ccc2c(c1)OCCN2. The van der Waals surface area contributed by atoms with Crippen LogP contribution in [0.4, 0.5) is 10.5 Å². The Balaban J connectivity index is 1.28. The number of anilines is 1. The fraction of sp³-hybridized carbons (Fsp3) is 0.391. The minimum Gasteiger partial charge on any atom is -0.490 e.